The summed E-state index contributed by atoms with van der Waals surface area (Å²) >= 11 is 0. The molecule has 2 heterocycles. The predicted molar refractivity (Wildman–Crippen MR) is 144 cm³/mol. The van der Waals surface area contributed by atoms with E-state index in [4.69, 9.17) is 0 Å². The van der Waals surface area contributed by atoms with Gasteiger partial charge in [0.2, 0.25) is 5.91 Å². The number of anilines is 3. The van der Waals surface area contributed by atoms with Gasteiger partial charge in [-0.3, -0.25) is 18.7 Å². The van der Waals surface area contributed by atoms with Crippen molar-refractivity contribution >= 4 is 29.4 Å². The maximum atomic E-state index is 14.3. The number of nitrogens with one attached hydrogen (secondary N) is 3. The fraction of sp³-hybridized carbons (Fsp3) is 0.333. The summed E-state index contributed by atoms with van der Waals surface area (Å²) in [6, 6.07) is 13.3. The molecule has 3 aromatic rings. The van der Waals surface area contributed by atoms with Crippen LogP contribution in [0.5, 0.6) is 0 Å². The SMILES string of the molecule is CC(=O)Nc1ccc(CC2Nc3c(n(CCCC=O)c(=O)n(Cc4ccccc4F)c3=O)N2)cc1.COC. The molecule has 0 saturated carbocycles. The minimum Gasteiger partial charge on any atom is -0.388 e. The van der Waals surface area contributed by atoms with Crippen molar-refractivity contribution in [3.63, 3.8) is 0 Å². The number of nitrogens with zero attached hydrogens (tertiary/aromatic N) is 2. The van der Waals surface area contributed by atoms with Gasteiger partial charge < -0.3 is 25.5 Å². The number of methoxy groups -OCH3 is 1. The molecule has 11 heteroatoms. The molecule has 0 fully saturated rings. The van der Waals surface area contributed by atoms with Crippen molar-refractivity contribution in [1.82, 2.24) is 9.13 Å². The molecule has 0 spiro atoms. The van der Waals surface area contributed by atoms with Gasteiger partial charge in [0.1, 0.15) is 29.8 Å². The Morgan fingerprint density at radius 1 is 1.08 bits per heavy atom. The van der Waals surface area contributed by atoms with Gasteiger partial charge in [0.15, 0.2) is 0 Å². The van der Waals surface area contributed by atoms with Gasteiger partial charge in [0.25, 0.3) is 5.56 Å². The van der Waals surface area contributed by atoms with Crippen molar-refractivity contribution in [2.75, 3.05) is 30.2 Å². The molecule has 1 aromatic heterocycles. The Labute approximate surface area is 219 Å². The summed E-state index contributed by atoms with van der Waals surface area (Å²) < 4.78 is 20.9. The second kappa shape index (κ2) is 13.3. The monoisotopic (exact) mass is 525 g/mol. The lowest BCUT2D eigenvalue weighted by molar-refractivity contribution is -0.114. The van der Waals surface area contributed by atoms with Gasteiger partial charge in [-0.05, 0) is 30.2 Å². The third-order valence-corrected chi connectivity index (χ3v) is 5.76. The van der Waals surface area contributed by atoms with E-state index in [0.29, 0.717) is 24.3 Å². The zero-order valence-electron chi connectivity index (χ0n) is 21.6. The van der Waals surface area contributed by atoms with Gasteiger partial charge in [0.05, 0.1) is 6.54 Å². The highest BCUT2D eigenvalue weighted by Gasteiger charge is 2.28. The Balaban J connectivity index is 0.00000127. The van der Waals surface area contributed by atoms with E-state index in [1.54, 1.807) is 38.5 Å². The average Bonchev–Trinajstić information content (AvgIpc) is 3.30. The Bertz CT molecular complexity index is 1380. The molecule has 0 saturated heterocycles. The lowest BCUT2D eigenvalue weighted by Crippen LogP contribution is -2.41. The summed E-state index contributed by atoms with van der Waals surface area (Å²) in [5.41, 5.74) is 0.962. The molecule has 38 heavy (non-hydrogen) atoms. The van der Waals surface area contributed by atoms with Crippen molar-refractivity contribution in [2.24, 2.45) is 0 Å². The molecule has 202 valence electrons. The average molecular weight is 526 g/mol. The van der Waals surface area contributed by atoms with Crippen molar-refractivity contribution in [1.29, 1.82) is 0 Å². The first-order chi connectivity index (χ1) is 18.3. The lowest BCUT2D eigenvalue weighted by Gasteiger charge is -2.15. The number of benzene rings is 2. The van der Waals surface area contributed by atoms with E-state index in [-0.39, 0.29) is 42.8 Å². The fourth-order valence-electron chi connectivity index (χ4n) is 4.10. The van der Waals surface area contributed by atoms with Crippen LogP contribution < -0.4 is 27.2 Å². The zero-order chi connectivity index (χ0) is 27.7. The first-order valence-electron chi connectivity index (χ1n) is 12.1. The van der Waals surface area contributed by atoms with Crippen LogP contribution in [0, 0.1) is 5.82 Å². The van der Waals surface area contributed by atoms with Crippen LogP contribution in [0.3, 0.4) is 0 Å². The molecule has 0 bridgehead atoms. The molecule has 3 N–H and O–H groups in total. The predicted octanol–water partition coefficient (Wildman–Crippen LogP) is 2.80. The van der Waals surface area contributed by atoms with Crippen molar-refractivity contribution in [3.05, 3.63) is 86.3 Å². The highest BCUT2D eigenvalue weighted by Crippen LogP contribution is 2.26. The van der Waals surface area contributed by atoms with E-state index in [2.05, 4.69) is 20.7 Å². The number of fused-ring (bicyclic) bond motifs is 1. The molecular weight excluding hydrogens is 493 g/mol. The fourth-order valence-corrected chi connectivity index (χ4v) is 4.10. The van der Waals surface area contributed by atoms with Crippen molar-refractivity contribution < 1.29 is 18.7 Å². The van der Waals surface area contributed by atoms with Crippen LogP contribution in [0.1, 0.15) is 30.9 Å². The van der Waals surface area contributed by atoms with E-state index < -0.39 is 17.1 Å². The van der Waals surface area contributed by atoms with Gasteiger partial charge in [-0.25, -0.2) is 9.18 Å². The van der Waals surface area contributed by atoms with Crippen LogP contribution >= 0.6 is 0 Å². The molecule has 2 aromatic carbocycles. The third kappa shape index (κ3) is 6.94. The Kier molecular flexibility index (Phi) is 9.94. The first-order valence-corrected chi connectivity index (χ1v) is 12.1. The first kappa shape index (κ1) is 28.3. The molecule has 10 nitrogen and oxygen atoms in total. The minimum atomic E-state index is -0.572. The van der Waals surface area contributed by atoms with Gasteiger partial charge in [-0.2, -0.15) is 0 Å². The number of aromatic nitrogens is 2. The molecule has 0 aliphatic carbocycles. The number of hydrogen-bond acceptors (Lipinski definition) is 7. The highest BCUT2D eigenvalue weighted by atomic mass is 19.1. The van der Waals surface area contributed by atoms with Gasteiger partial charge in [0, 0.05) is 51.8 Å². The molecule has 1 aliphatic rings. The Morgan fingerprint density at radius 3 is 2.39 bits per heavy atom. The molecule has 1 aliphatic heterocycles. The maximum Gasteiger partial charge on any atom is 0.332 e. The van der Waals surface area contributed by atoms with Gasteiger partial charge in [-0.1, -0.05) is 30.3 Å². The zero-order valence-corrected chi connectivity index (χ0v) is 21.6. The summed E-state index contributed by atoms with van der Waals surface area (Å²) in [6.07, 6.45) is 1.59. The van der Waals surface area contributed by atoms with Crippen LogP contribution in [-0.2, 0) is 33.8 Å². The van der Waals surface area contributed by atoms with Crippen LogP contribution in [0.25, 0.3) is 0 Å². The number of hydrogen-bond donors (Lipinski definition) is 3. The van der Waals surface area contributed by atoms with E-state index in [9.17, 15) is 23.6 Å². The summed E-state index contributed by atoms with van der Waals surface area (Å²) in [4.78, 5) is 48.6. The summed E-state index contributed by atoms with van der Waals surface area (Å²) in [6.45, 7) is 1.46. The van der Waals surface area contributed by atoms with E-state index >= 15 is 0 Å². The van der Waals surface area contributed by atoms with Crippen LogP contribution in [-0.4, -0.2) is 41.7 Å². The van der Waals surface area contributed by atoms with Crippen molar-refractivity contribution in [2.45, 2.75) is 45.4 Å². The summed E-state index contributed by atoms with van der Waals surface area (Å²) in [7, 11) is 3.25. The van der Waals surface area contributed by atoms with Crippen LogP contribution in [0.4, 0.5) is 21.6 Å². The smallest absolute Gasteiger partial charge is 0.332 e. The largest absolute Gasteiger partial charge is 0.388 e. The number of carbonyl (C=O) groups is 2. The molecular formula is C27H32FN5O5. The number of aldehydes is 1. The minimum absolute atomic E-state index is 0.161. The third-order valence-electron chi connectivity index (χ3n) is 5.76. The van der Waals surface area contributed by atoms with E-state index in [0.717, 1.165) is 16.4 Å². The van der Waals surface area contributed by atoms with Gasteiger partial charge in [-0.15, -0.1) is 0 Å². The molecule has 4 rings (SSSR count). The molecule has 1 amide bonds. The Hall–Kier alpha value is -4.25. The van der Waals surface area contributed by atoms with Crippen LogP contribution in [0.2, 0.25) is 0 Å². The molecule has 0 radical (unpaired) electrons. The van der Waals surface area contributed by atoms with Gasteiger partial charge >= 0.3 is 5.69 Å². The van der Waals surface area contributed by atoms with E-state index in [1.165, 1.54) is 23.6 Å². The van der Waals surface area contributed by atoms with E-state index in [1.807, 2.05) is 12.1 Å². The quantitative estimate of drug-likeness (QED) is 0.290. The van der Waals surface area contributed by atoms with Crippen molar-refractivity contribution in [3.8, 4) is 0 Å². The highest BCUT2D eigenvalue weighted by molar-refractivity contribution is 5.88. The number of rotatable bonds is 9. The topological polar surface area (TPSA) is 123 Å². The Morgan fingerprint density at radius 2 is 1.76 bits per heavy atom. The number of ether oxygens (including phenoxy) is 1. The normalized spacial score (nSPS) is 13.4. The second-order valence-electron chi connectivity index (χ2n) is 8.78. The number of unbranched alkanes of at least 4 members (excludes halogenated alkanes) is 1. The number of amides is 1. The summed E-state index contributed by atoms with van der Waals surface area (Å²) in [5, 5.41) is 9.09. The number of halogens is 1. The standard InChI is InChI=1S/C25H26FN5O4.C2H6O/c1-16(33)27-19-10-8-17(9-11-19)14-21-28-22-23(29-21)30(12-4-5-13-32)25(35)31(24(22)34)15-18-6-2-3-7-20(18)26;1-3-2/h2-3,6-11,13,21,28-29H,4-5,12,14-15H2,1H3,(H,27,33);1-2H3. The maximum absolute atomic E-state index is 14.3. The number of carbonyl (C=O) groups excluding carboxylic acids is 2. The lowest BCUT2D eigenvalue weighted by atomic mass is 10.1. The molecule has 1 atom stereocenters. The summed E-state index contributed by atoms with van der Waals surface area (Å²) in [5.74, 6) is -0.305. The molecule has 1 unspecified atom stereocenters. The van der Waals surface area contributed by atoms with Crippen LogP contribution in [0.15, 0.2) is 58.1 Å². The second-order valence-corrected chi connectivity index (χ2v) is 8.78.